The van der Waals surface area contributed by atoms with Gasteiger partial charge in [0, 0.05) is 28.8 Å². The minimum Gasteiger partial charge on any atom is -0.294 e. The highest BCUT2D eigenvalue weighted by molar-refractivity contribution is 6.83. The average Bonchev–Trinajstić information content (AvgIpc) is 3.23. The molecule has 0 aliphatic heterocycles. The van der Waals surface area contributed by atoms with E-state index in [1.165, 1.54) is 5.46 Å². The summed E-state index contributed by atoms with van der Waals surface area (Å²) in [7, 11) is 0. The highest BCUT2D eigenvalue weighted by Gasteiger charge is 2.16. The first-order chi connectivity index (χ1) is 16.7. The van der Waals surface area contributed by atoms with Crippen LogP contribution in [0.3, 0.4) is 0 Å². The second-order valence-electron chi connectivity index (χ2n) is 8.29. The topological polar surface area (TPSA) is 30.7 Å². The first kappa shape index (κ1) is 18.4. The van der Waals surface area contributed by atoms with E-state index in [-0.39, 0.29) is 6.71 Å². The van der Waals surface area contributed by atoms with E-state index in [1.54, 1.807) is 18.3 Å². The first-order valence-corrected chi connectivity index (χ1v) is 11.2. The second kappa shape index (κ2) is 8.07. The van der Waals surface area contributed by atoms with Gasteiger partial charge in [0.2, 0.25) is 6.71 Å². The minimum atomic E-state index is 0.204. The van der Waals surface area contributed by atoms with Gasteiger partial charge in [-0.3, -0.25) is 9.55 Å². The van der Waals surface area contributed by atoms with E-state index in [1.807, 2.05) is 24.4 Å². The van der Waals surface area contributed by atoms with Gasteiger partial charge in [-0.15, -0.1) is 0 Å². The first-order valence-electron chi connectivity index (χ1n) is 11.7. The maximum absolute atomic E-state index is 8.48. The van der Waals surface area contributed by atoms with Gasteiger partial charge in [-0.25, -0.2) is 4.98 Å². The Morgan fingerprint density at radius 2 is 1.48 bits per heavy atom. The number of benzene rings is 3. The van der Waals surface area contributed by atoms with E-state index < -0.39 is 0 Å². The summed E-state index contributed by atoms with van der Waals surface area (Å²) < 4.78 is 10.6. The summed E-state index contributed by atoms with van der Waals surface area (Å²) in [5, 5.41) is 2.31. The van der Waals surface area contributed by atoms with Gasteiger partial charge in [0.05, 0.1) is 12.4 Å². The molecule has 0 radical (unpaired) electrons. The fourth-order valence-corrected chi connectivity index (χ4v) is 4.61. The summed E-state index contributed by atoms with van der Waals surface area (Å²) in [6, 6.07) is 33.7. The van der Waals surface area contributed by atoms with Crippen LogP contribution in [0.1, 0.15) is 1.37 Å². The largest absolute Gasteiger partial charge is 0.294 e. The predicted molar refractivity (Wildman–Crippen MR) is 139 cm³/mol. The van der Waals surface area contributed by atoms with Gasteiger partial charge in [0.1, 0.15) is 5.82 Å². The van der Waals surface area contributed by atoms with Crippen molar-refractivity contribution in [1.29, 1.82) is 0 Å². The van der Waals surface area contributed by atoms with Gasteiger partial charge >= 0.3 is 0 Å². The zero-order chi connectivity index (χ0) is 23.1. The molecule has 156 valence electrons. The van der Waals surface area contributed by atoms with Crippen molar-refractivity contribution in [3.05, 3.63) is 115 Å². The zero-order valence-corrected chi connectivity index (χ0v) is 18.3. The molecule has 3 aromatic heterocycles. The van der Waals surface area contributed by atoms with Crippen LogP contribution in [0, 0.1) is 0 Å². The summed E-state index contributed by atoms with van der Waals surface area (Å²) in [6.45, 7) is 2.40. The molecule has 3 aromatic carbocycles. The quantitative estimate of drug-likeness (QED) is 0.351. The molecule has 0 unspecified atom stereocenters. The summed E-state index contributed by atoms with van der Waals surface area (Å²) in [4.78, 5) is 9.11. The van der Waals surface area contributed by atoms with Crippen molar-refractivity contribution in [2.75, 3.05) is 0 Å². The van der Waals surface area contributed by atoms with Crippen molar-refractivity contribution < 1.29 is 1.37 Å². The number of hydrogen-bond donors (Lipinski definition) is 0. The molecule has 0 aliphatic rings. The molecular weight excluding hydrogens is 401 g/mol. The van der Waals surface area contributed by atoms with Crippen molar-refractivity contribution in [2.24, 2.45) is 0 Å². The van der Waals surface area contributed by atoms with E-state index in [0.717, 1.165) is 38.5 Å². The Labute approximate surface area is 194 Å². The number of nitrogens with zero attached hydrogens (tertiary/aromatic N) is 3. The fourth-order valence-electron chi connectivity index (χ4n) is 4.61. The summed E-state index contributed by atoms with van der Waals surface area (Å²) in [5.74, 6) is 0.642. The van der Waals surface area contributed by atoms with E-state index in [0.29, 0.717) is 11.9 Å². The van der Waals surface area contributed by atoms with Crippen LogP contribution < -0.4 is 11.1 Å². The molecule has 0 bridgehead atoms. The van der Waals surface area contributed by atoms with E-state index in [9.17, 15) is 0 Å². The highest BCUT2D eigenvalue weighted by Crippen LogP contribution is 2.34. The monoisotopic (exact) mass is 424 g/mol. The number of aromatic nitrogens is 3. The van der Waals surface area contributed by atoms with Crippen LogP contribution in [-0.2, 0) is 0 Å². The Kier molecular flexibility index (Phi) is 4.50. The molecule has 4 heteroatoms. The maximum atomic E-state index is 8.48. The predicted octanol–water partition coefficient (Wildman–Crippen LogP) is 5.48. The van der Waals surface area contributed by atoms with E-state index in [4.69, 9.17) is 1.37 Å². The Morgan fingerprint density at radius 3 is 2.36 bits per heavy atom. The summed E-state index contributed by atoms with van der Waals surface area (Å²) in [6.07, 6.45) is 3.60. The standard InChI is InChI=1S/C29H22BN3/c1-30(28-13-4-6-17-31-28)23-10-8-9-21(19-23)22-15-16-25-24-11-2-3-12-26(24)33(27(25)20-22)29-14-5-7-18-32-29/h2-20H,1H3/i14D. The maximum Gasteiger partial charge on any atom is 0.230 e. The lowest BCUT2D eigenvalue weighted by molar-refractivity contribution is 1.08. The third-order valence-corrected chi connectivity index (χ3v) is 6.33. The summed E-state index contributed by atoms with van der Waals surface area (Å²) >= 11 is 0. The van der Waals surface area contributed by atoms with Crippen LogP contribution in [0.4, 0.5) is 0 Å². The van der Waals surface area contributed by atoms with Crippen molar-refractivity contribution >= 4 is 39.6 Å². The van der Waals surface area contributed by atoms with Crippen LogP contribution >= 0.6 is 0 Å². The molecule has 0 N–H and O–H groups in total. The minimum absolute atomic E-state index is 0.204. The van der Waals surface area contributed by atoms with Crippen LogP contribution in [0.5, 0.6) is 0 Å². The number of hydrogen-bond acceptors (Lipinski definition) is 2. The molecule has 0 fully saturated rings. The average molecular weight is 424 g/mol. The molecule has 3 heterocycles. The normalized spacial score (nSPS) is 11.6. The molecule has 6 rings (SSSR count). The Morgan fingerprint density at radius 1 is 0.697 bits per heavy atom. The lowest BCUT2D eigenvalue weighted by Crippen LogP contribution is -2.40. The van der Waals surface area contributed by atoms with Crippen molar-refractivity contribution in [2.45, 2.75) is 6.82 Å². The van der Waals surface area contributed by atoms with Crippen LogP contribution in [0.25, 0.3) is 38.8 Å². The summed E-state index contributed by atoms with van der Waals surface area (Å²) in [5.41, 5.74) is 6.69. The van der Waals surface area contributed by atoms with Gasteiger partial charge in [-0.2, -0.15) is 0 Å². The molecule has 0 aliphatic carbocycles. The van der Waals surface area contributed by atoms with Crippen molar-refractivity contribution in [3.63, 3.8) is 0 Å². The molecule has 0 amide bonds. The molecule has 0 spiro atoms. The molecule has 0 saturated carbocycles. The lowest BCUT2D eigenvalue weighted by Gasteiger charge is -2.11. The van der Waals surface area contributed by atoms with Gasteiger partial charge in [-0.1, -0.05) is 79.0 Å². The molecule has 6 aromatic rings. The molecule has 33 heavy (non-hydrogen) atoms. The number of rotatable bonds is 4. The lowest BCUT2D eigenvalue weighted by atomic mass is 9.44. The second-order valence-corrected chi connectivity index (χ2v) is 8.29. The number of para-hydroxylation sites is 1. The SMILES string of the molecule is [2H]c1cccnc1-n1c2ccccc2c2ccc(-c3cccc(B(C)c4ccccn4)c3)cc21. The molecular formula is C29H22BN3. The molecule has 3 nitrogen and oxygen atoms in total. The van der Waals surface area contributed by atoms with Crippen LogP contribution in [0.15, 0.2) is 115 Å². The van der Waals surface area contributed by atoms with Gasteiger partial charge in [0.25, 0.3) is 0 Å². The third kappa shape index (κ3) is 3.40. The van der Waals surface area contributed by atoms with Crippen molar-refractivity contribution in [1.82, 2.24) is 14.5 Å². The van der Waals surface area contributed by atoms with Gasteiger partial charge < -0.3 is 0 Å². The van der Waals surface area contributed by atoms with Crippen molar-refractivity contribution in [3.8, 4) is 16.9 Å². The van der Waals surface area contributed by atoms with E-state index >= 15 is 0 Å². The smallest absolute Gasteiger partial charge is 0.230 e. The highest BCUT2D eigenvalue weighted by atomic mass is 15.1. The Balaban J connectivity index is 1.53. The van der Waals surface area contributed by atoms with Gasteiger partial charge in [0.15, 0.2) is 0 Å². The van der Waals surface area contributed by atoms with Gasteiger partial charge in [-0.05, 0) is 47.5 Å². The zero-order valence-electron chi connectivity index (χ0n) is 19.3. The number of fused-ring (bicyclic) bond motifs is 3. The molecule has 0 saturated heterocycles. The third-order valence-electron chi connectivity index (χ3n) is 6.33. The fraction of sp³-hybridized carbons (Fsp3) is 0.0345. The molecule has 0 atom stereocenters. The Hall–Kier alpha value is -4.18. The van der Waals surface area contributed by atoms with Crippen LogP contribution in [-0.4, -0.2) is 21.2 Å². The van der Waals surface area contributed by atoms with E-state index in [2.05, 4.69) is 88.1 Å². The Bertz CT molecular complexity index is 1640. The van der Waals surface area contributed by atoms with Crippen LogP contribution in [0.2, 0.25) is 6.82 Å². The number of pyridine rings is 2.